The Morgan fingerprint density at radius 3 is 2.81 bits per heavy atom. The van der Waals surface area contributed by atoms with Crippen LogP contribution in [0.25, 0.3) is 11.0 Å². The summed E-state index contributed by atoms with van der Waals surface area (Å²) in [7, 11) is 0. The number of benzene rings is 2. The van der Waals surface area contributed by atoms with Gasteiger partial charge in [-0.2, -0.15) is 5.26 Å². The molecule has 2 aliphatic heterocycles. The van der Waals surface area contributed by atoms with Crippen molar-refractivity contribution in [2.24, 2.45) is 0 Å². The molecule has 3 heterocycles. The van der Waals surface area contributed by atoms with Crippen molar-refractivity contribution >= 4 is 22.6 Å². The number of hydrogen-bond donors (Lipinski definition) is 0. The number of hydrogen-bond acceptors (Lipinski definition) is 4. The van der Waals surface area contributed by atoms with Gasteiger partial charge in [0.05, 0.1) is 17.1 Å². The Labute approximate surface area is 157 Å². The molecule has 2 unspecified atom stereocenters. The molecule has 0 fully saturated rings. The number of imidazole rings is 1. The lowest BCUT2D eigenvalue weighted by molar-refractivity contribution is 0.0964. The minimum Gasteiger partial charge on any atom is -0.364 e. The predicted octanol–water partition coefficient (Wildman–Crippen LogP) is 3.67. The monoisotopic (exact) mass is 354 g/mol. The van der Waals surface area contributed by atoms with Gasteiger partial charge in [-0.05, 0) is 42.7 Å². The van der Waals surface area contributed by atoms with E-state index in [0.717, 1.165) is 23.0 Å². The molecule has 5 rings (SSSR count). The largest absolute Gasteiger partial charge is 0.364 e. The Kier molecular flexibility index (Phi) is 3.41. The molecule has 3 aromatic rings. The molecule has 0 bridgehead atoms. The lowest BCUT2D eigenvalue weighted by Crippen LogP contribution is -2.34. The minimum atomic E-state index is -0.518. The second kappa shape index (κ2) is 5.82. The fourth-order valence-corrected chi connectivity index (χ4v) is 4.29. The summed E-state index contributed by atoms with van der Waals surface area (Å²) >= 11 is 0. The van der Waals surface area contributed by atoms with Crippen molar-refractivity contribution in [3.8, 4) is 6.07 Å². The Bertz CT molecular complexity index is 1150. The first-order valence-electron chi connectivity index (χ1n) is 9.13. The number of anilines is 1. The van der Waals surface area contributed by atoms with Crippen LogP contribution in [0, 0.1) is 11.3 Å². The van der Waals surface area contributed by atoms with Gasteiger partial charge in [-0.25, -0.2) is 4.98 Å². The van der Waals surface area contributed by atoms with Gasteiger partial charge in [0.2, 0.25) is 0 Å². The van der Waals surface area contributed by atoms with Crippen molar-refractivity contribution in [1.82, 2.24) is 9.55 Å². The first kappa shape index (κ1) is 15.8. The Balaban J connectivity index is 1.57. The summed E-state index contributed by atoms with van der Waals surface area (Å²) in [5, 5.41) is 9.88. The van der Waals surface area contributed by atoms with Crippen molar-refractivity contribution in [3.63, 3.8) is 0 Å². The highest BCUT2D eigenvalue weighted by molar-refractivity contribution is 5.99. The summed E-state index contributed by atoms with van der Waals surface area (Å²) in [5.74, 6) is -0.114. The quantitative estimate of drug-likeness (QED) is 0.704. The molecule has 2 aliphatic rings. The summed E-state index contributed by atoms with van der Waals surface area (Å²) in [6.07, 6.45) is 2.61. The third-order valence-electron chi connectivity index (χ3n) is 5.58. The first-order chi connectivity index (χ1) is 13.2. The van der Waals surface area contributed by atoms with E-state index in [1.165, 1.54) is 11.3 Å². The molecule has 2 aromatic carbocycles. The molecule has 27 heavy (non-hydrogen) atoms. The van der Waals surface area contributed by atoms with Crippen LogP contribution >= 0.6 is 0 Å². The van der Waals surface area contributed by atoms with Gasteiger partial charge >= 0.3 is 0 Å². The van der Waals surface area contributed by atoms with Gasteiger partial charge in [0.25, 0.3) is 5.91 Å². The Morgan fingerprint density at radius 2 is 1.96 bits per heavy atom. The van der Waals surface area contributed by atoms with Crippen LogP contribution in [0.15, 0.2) is 60.2 Å². The van der Waals surface area contributed by atoms with Gasteiger partial charge in [0.1, 0.15) is 11.7 Å². The van der Waals surface area contributed by atoms with E-state index < -0.39 is 5.92 Å². The molecule has 1 aromatic heterocycles. The molecule has 0 amide bonds. The summed E-state index contributed by atoms with van der Waals surface area (Å²) in [6, 6.07) is 18.6. The fraction of sp³-hybridized carbons (Fsp3) is 0.227. The van der Waals surface area contributed by atoms with Crippen LogP contribution in [0.3, 0.4) is 0 Å². The highest BCUT2D eigenvalue weighted by Crippen LogP contribution is 2.36. The number of nitriles is 1. The van der Waals surface area contributed by atoms with Crippen molar-refractivity contribution in [2.45, 2.75) is 25.3 Å². The third kappa shape index (κ3) is 2.30. The average molecular weight is 354 g/mol. The summed E-state index contributed by atoms with van der Waals surface area (Å²) < 4.78 is 1.58. The van der Waals surface area contributed by atoms with Crippen molar-refractivity contribution in [3.05, 3.63) is 71.6 Å². The van der Waals surface area contributed by atoms with Gasteiger partial charge in [-0.15, -0.1) is 0 Å². The molecule has 0 saturated carbocycles. The van der Waals surface area contributed by atoms with E-state index in [4.69, 9.17) is 0 Å². The van der Waals surface area contributed by atoms with E-state index in [9.17, 15) is 10.1 Å². The minimum absolute atomic E-state index is 0.125. The molecule has 2 atom stereocenters. The van der Waals surface area contributed by atoms with Crippen LogP contribution < -0.4 is 4.90 Å². The maximum absolute atomic E-state index is 12.9. The number of para-hydroxylation sites is 3. The molecule has 0 spiro atoms. The van der Waals surface area contributed by atoms with Gasteiger partial charge in [0, 0.05) is 24.4 Å². The van der Waals surface area contributed by atoms with Crippen molar-refractivity contribution < 1.29 is 4.79 Å². The highest BCUT2D eigenvalue weighted by atomic mass is 16.2. The van der Waals surface area contributed by atoms with Crippen LogP contribution in [0.4, 0.5) is 5.69 Å². The number of fused-ring (bicyclic) bond motifs is 4. The van der Waals surface area contributed by atoms with E-state index in [1.54, 1.807) is 10.6 Å². The maximum atomic E-state index is 12.9. The molecular formula is C22H18N4O. The topological polar surface area (TPSA) is 61.9 Å². The number of allylic oxidation sites excluding steroid dienone is 1. The summed E-state index contributed by atoms with van der Waals surface area (Å²) in [6.45, 7) is 2.74. The summed E-state index contributed by atoms with van der Waals surface area (Å²) in [4.78, 5) is 19.7. The maximum Gasteiger partial charge on any atom is 0.256 e. The van der Waals surface area contributed by atoms with Crippen molar-refractivity contribution in [1.29, 1.82) is 5.26 Å². The van der Waals surface area contributed by atoms with E-state index in [1.807, 2.05) is 30.3 Å². The zero-order valence-electron chi connectivity index (χ0n) is 15.0. The zero-order valence-corrected chi connectivity index (χ0v) is 15.0. The second-order valence-corrected chi connectivity index (χ2v) is 7.22. The van der Waals surface area contributed by atoms with E-state index >= 15 is 0 Å². The lowest BCUT2D eigenvalue weighted by Gasteiger charge is -2.29. The molecule has 5 heteroatoms. The number of nitrogens with zero attached hydrogens (tertiary/aromatic N) is 4. The van der Waals surface area contributed by atoms with Crippen LogP contribution in [-0.2, 0) is 6.42 Å². The second-order valence-electron chi connectivity index (χ2n) is 7.22. The van der Waals surface area contributed by atoms with Gasteiger partial charge in [-0.1, -0.05) is 30.3 Å². The fourth-order valence-electron chi connectivity index (χ4n) is 4.29. The van der Waals surface area contributed by atoms with Gasteiger partial charge in [-0.3, -0.25) is 9.36 Å². The van der Waals surface area contributed by atoms with E-state index in [-0.39, 0.29) is 5.91 Å². The van der Waals surface area contributed by atoms with Crippen LogP contribution in [0.2, 0.25) is 0 Å². The van der Waals surface area contributed by atoms with E-state index in [0.29, 0.717) is 18.4 Å². The number of carbonyl (C=O) groups is 1. The zero-order chi connectivity index (χ0) is 18.5. The smallest absolute Gasteiger partial charge is 0.256 e. The predicted molar refractivity (Wildman–Crippen MR) is 104 cm³/mol. The Morgan fingerprint density at radius 1 is 1.19 bits per heavy atom. The molecule has 0 radical (unpaired) electrons. The van der Waals surface area contributed by atoms with Gasteiger partial charge in [0.15, 0.2) is 0 Å². The number of rotatable bonds is 2. The normalized spacial score (nSPS) is 21.0. The van der Waals surface area contributed by atoms with Crippen molar-refractivity contribution in [2.75, 3.05) is 11.4 Å². The summed E-state index contributed by atoms with van der Waals surface area (Å²) in [5.41, 5.74) is 4.82. The molecule has 0 N–H and O–H groups in total. The van der Waals surface area contributed by atoms with Crippen LogP contribution in [0.1, 0.15) is 29.0 Å². The molecular weight excluding hydrogens is 336 g/mol. The van der Waals surface area contributed by atoms with Crippen LogP contribution in [-0.4, -0.2) is 28.0 Å². The lowest BCUT2D eigenvalue weighted by atomic mass is 9.95. The van der Waals surface area contributed by atoms with Gasteiger partial charge < -0.3 is 4.90 Å². The third-order valence-corrected chi connectivity index (χ3v) is 5.58. The molecule has 0 saturated heterocycles. The number of carbonyl (C=O) groups excluding carboxylic acids is 1. The first-order valence-corrected chi connectivity index (χ1v) is 9.13. The number of aromatic nitrogens is 2. The molecule has 132 valence electrons. The van der Waals surface area contributed by atoms with E-state index in [2.05, 4.69) is 41.1 Å². The van der Waals surface area contributed by atoms with Crippen LogP contribution in [0.5, 0.6) is 0 Å². The Hall–Kier alpha value is -3.39. The standard InChI is InChI=1S/C22H18N4O/c1-14-10-15-6-2-4-8-19(15)25(14)13-16-11-21(27)26-20-9-5-3-7-18(20)24-22(26)17(16)12-23/h2-9,11,14,17H,10,13H2,1H3. The average Bonchev–Trinajstić information content (AvgIpc) is 3.20. The molecule has 5 nitrogen and oxygen atoms in total. The SMILES string of the molecule is CC1Cc2ccccc2N1CC1=CC(=O)n2c(nc3ccccc32)C1C#N. The molecule has 0 aliphatic carbocycles. The highest BCUT2D eigenvalue weighted by Gasteiger charge is 2.34.